The Balaban J connectivity index is 1.85. The number of hydrogen-bond donors (Lipinski definition) is 1. The molecule has 0 unspecified atom stereocenters. The number of carbonyl (C=O) groups excluding carboxylic acids is 1. The summed E-state index contributed by atoms with van der Waals surface area (Å²) in [5.41, 5.74) is 1.22. The molecular formula is C22H20N4O3. The van der Waals surface area contributed by atoms with Gasteiger partial charge in [0.05, 0.1) is 24.2 Å². The second kappa shape index (κ2) is 7.35. The van der Waals surface area contributed by atoms with Gasteiger partial charge in [-0.3, -0.25) is 14.6 Å². The standard InChI is InChI=1S/C22H20N4O3/c1-13(2)26-22(28)15-8-5-4-7-14(15)20(25-26)21(27)24-17-10-11-18(29-3)19-16(17)9-6-12-23-19/h4-13H,1-3H3,(H,24,27). The fourth-order valence-electron chi connectivity index (χ4n) is 3.33. The summed E-state index contributed by atoms with van der Waals surface area (Å²) in [5.74, 6) is 0.224. The molecule has 2 heterocycles. The predicted octanol–water partition coefficient (Wildman–Crippen LogP) is 3.79. The lowest BCUT2D eigenvalue weighted by atomic mass is 10.1. The van der Waals surface area contributed by atoms with Crippen LogP contribution in [0.5, 0.6) is 5.75 Å². The van der Waals surface area contributed by atoms with Crippen molar-refractivity contribution in [2.24, 2.45) is 0 Å². The molecule has 0 aliphatic carbocycles. The molecule has 7 nitrogen and oxygen atoms in total. The molecule has 0 saturated heterocycles. The van der Waals surface area contributed by atoms with Gasteiger partial charge in [0.2, 0.25) is 0 Å². The minimum absolute atomic E-state index is 0.176. The third kappa shape index (κ3) is 3.20. The van der Waals surface area contributed by atoms with E-state index in [1.807, 2.05) is 19.9 Å². The number of hydrogen-bond acceptors (Lipinski definition) is 5. The Morgan fingerprint density at radius 1 is 1.03 bits per heavy atom. The van der Waals surface area contributed by atoms with E-state index in [0.717, 1.165) is 5.39 Å². The Bertz CT molecular complexity index is 1290. The average molecular weight is 388 g/mol. The number of benzene rings is 2. The van der Waals surface area contributed by atoms with Crippen molar-refractivity contribution in [3.8, 4) is 5.75 Å². The molecule has 146 valence electrons. The summed E-state index contributed by atoms with van der Waals surface area (Å²) in [7, 11) is 1.58. The number of aromatic nitrogens is 3. The smallest absolute Gasteiger partial charge is 0.276 e. The van der Waals surface area contributed by atoms with Crippen LogP contribution in [-0.2, 0) is 0 Å². The highest BCUT2D eigenvalue weighted by Crippen LogP contribution is 2.30. The lowest BCUT2D eigenvalue weighted by Gasteiger charge is -2.14. The van der Waals surface area contributed by atoms with Crippen molar-refractivity contribution in [1.29, 1.82) is 0 Å². The van der Waals surface area contributed by atoms with E-state index in [2.05, 4.69) is 15.4 Å². The van der Waals surface area contributed by atoms with Crippen LogP contribution < -0.4 is 15.6 Å². The van der Waals surface area contributed by atoms with E-state index in [9.17, 15) is 9.59 Å². The molecule has 0 atom stereocenters. The Morgan fingerprint density at radius 2 is 1.76 bits per heavy atom. The van der Waals surface area contributed by atoms with E-state index in [4.69, 9.17) is 4.74 Å². The molecule has 4 aromatic rings. The van der Waals surface area contributed by atoms with E-state index in [1.54, 1.807) is 55.8 Å². The number of pyridine rings is 1. The van der Waals surface area contributed by atoms with Crippen LogP contribution in [-0.4, -0.2) is 27.8 Å². The molecule has 0 radical (unpaired) electrons. The Hall–Kier alpha value is -3.74. The van der Waals surface area contributed by atoms with Crippen molar-refractivity contribution in [3.63, 3.8) is 0 Å². The van der Waals surface area contributed by atoms with Crippen LogP contribution in [0.15, 0.2) is 59.5 Å². The van der Waals surface area contributed by atoms with Gasteiger partial charge in [-0.15, -0.1) is 0 Å². The highest BCUT2D eigenvalue weighted by Gasteiger charge is 2.19. The van der Waals surface area contributed by atoms with Gasteiger partial charge in [0, 0.05) is 17.0 Å². The largest absolute Gasteiger partial charge is 0.494 e. The van der Waals surface area contributed by atoms with Crippen molar-refractivity contribution in [2.75, 3.05) is 12.4 Å². The maximum atomic E-state index is 13.2. The molecule has 0 fully saturated rings. The van der Waals surface area contributed by atoms with E-state index < -0.39 is 5.91 Å². The molecule has 7 heteroatoms. The molecule has 2 aromatic carbocycles. The summed E-state index contributed by atoms with van der Waals surface area (Å²) in [4.78, 5) is 30.2. The number of nitrogens with one attached hydrogen (secondary N) is 1. The summed E-state index contributed by atoms with van der Waals surface area (Å²) < 4.78 is 6.70. The fourth-order valence-corrected chi connectivity index (χ4v) is 3.33. The highest BCUT2D eigenvalue weighted by molar-refractivity contribution is 6.13. The van der Waals surface area contributed by atoms with Crippen LogP contribution in [0.1, 0.15) is 30.4 Å². The van der Waals surface area contributed by atoms with Crippen LogP contribution in [0.25, 0.3) is 21.7 Å². The number of ether oxygens (including phenoxy) is 1. The lowest BCUT2D eigenvalue weighted by Crippen LogP contribution is -2.29. The molecule has 0 bridgehead atoms. The second-order valence-corrected chi connectivity index (χ2v) is 6.91. The lowest BCUT2D eigenvalue weighted by molar-refractivity contribution is 0.102. The van der Waals surface area contributed by atoms with Crippen molar-refractivity contribution in [1.82, 2.24) is 14.8 Å². The summed E-state index contributed by atoms with van der Waals surface area (Å²) in [6.07, 6.45) is 1.67. The molecule has 0 spiro atoms. The van der Waals surface area contributed by atoms with Gasteiger partial charge in [0.25, 0.3) is 11.5 Å². The molecular weight excluding hydrogens is 368 g/mol. The van der Waals surface area contributed by atoms with Gasteiger partial charge in [-0.1, -0.05) is 18.2 Å². The molecule has 0 aliphatic rings. The highest BCUT2D eigenvalue weighted by atomic mass is 16.5. The number of fused-ring (bicyclic) bond motifs is 2. The Morgan fingerprint density at radius 3 is 2.48 bits per heavy atom. The maximum absolute atomic E-state index is 13.2. The van der Waals surface area contributed by atoms with Gasteiger partial charge in [0.1, 0.15) is 11.3 Å². The first-order valence-electron chi connectivity index (χ1n) is 9.26. The van der Waals surface area contributed by atoms with Gasteiger partial charge in [-0.2, -0.15) is 5.10 Å². The van der Waals surface area contributed by atoms with E-state index in [0.29, 0.717) is 27.7 Å². The van der Waals surface area contributed by atoms with Crippen LogP contribution in [0.4, 0.5) is 5.69 Å². The van der Waals surface area contributed by atoms with Crippen LogP contribution in [0.3, 0.4) is 0 Å². The maximum Gasteiger partial charge on any atom is 0.276 e. The van der Waals surface area contributed by atoms with E-state index >= 15 is 0 Å². The fraction of sp³-hybridized carbons (Fsp3) is 0.182. The number of rotatable bonds is 4. The number of nitrogens with zero attached hydrogens (tertiary/aromatic N) is 3. The SMILES string of the molecule is COc1ccc(NC(=O)c2nn(C(C)C)c(=O)c3ccccc23)c2cccnc12. The first-order chi connectivity index (χ1) is 14.0. The van der Waals surface area contributed by atoms with Crippen LogP contribution >= 0.6 is 0 Å². The van der Waals surface area contributed by atoms with E-state index in [1.165, 1.54) is 4.68 Å². The normalized spacial score (nSPS) is 11.2. The van der Waals surface area contributed by atoms with Crippen LogP contribution in [0.2, 0.25) is 0 Å². The third-order valence-electron chi connectivity index (χ3n) is 4.73. The number of carbonyl (C=O) groups is 1. The summed E-state index contributed by atoms with van der Waals surface area (Å²) in [5, 5.41) is 9.01. The topological polar surface area (TPSA) is 86.1 Å². The first kappa shape index (κ1) is 18.6. The zero-order chi connectivity index (χ0) is 20.5. The predicted molar refractivity (Wildman–Crippen MR) is 113 cm³/mol. The zero-order valence-electron chi connectivity index (χ0n) is 16.3. The summed E-state index contributed by atoms with van der Waals surface area (Å²) in [6, 6.07) is 14.0. The van der Waals surface area contributed by atoms with E-state index in [-0.39, 0.29) is 17.3 Å². The zero-order valence-corrected chi connectivity index (χ0v) is 16.3. The van der Waals surface area contributed by atoms with Gasteiger partial charge in [-0.25, -0.2) is 4.68 Å². The number of methoxy groups -OCH3 is 1. The summed E-state index contributed by atoms with van der Waals surface area (Å²) in [6.45, 7) is 3.71. The average Bonchev–Trinajstić information content (AvgIpc) is 2.74. The third-order valence-corrected chi connectivity index (χ3v) is 4.73. The Kier molecular flexibility index (Phi) is 4.72. The molecule has 29 heavy (non-hydrogen) atoms. The quantitative estimate of drug-likeness (QED) is 0.575. The molecule has 1 N–H and O–H groups in total. The van der Waals surface area contributed by atoms with Crippen molar-refractivity contribution >= 4 is 33.3 Å². The monoisotopic (exact) mass is 388 g/mol. The van der Waals surface area contributed by atoms with Gasteiger partial charge >= 0.3 is 0 Å². The second-order valence-electron chi connectivity index (χ2n) is 6.91. The first-order valence-corrected chi connectivity index (χ1v) is 9.26. The molecule has 0 saturated carbocycles. The number of amides is 1. The van der Waals surface area contributed by atoms with Crippen LogP contribution in [0, 0.1) is 0 Å². The number of anilines is 1. The van der Waals surface area contributed by atoms with Crippen molar-refractivity contribution in [2.45, 2.75) is 19.9 Å². The molecule has 0 aliphatic heterocycles. The minimum atomic E-state index is -0.397. The minimum Gasteiger partial charge on any atom is -0.494 e. The van der Waals surface area contributed by atoms with Crippen molar-refractivity contribution < 1.29 is 9.53 Å². The van der Waals surface area contributed by atoms with Gasteiger partial charge in [-0.05, 0) is 44.2 Å². The molecule has 1 amide bonds. The van der Waals surface area contributed by atoms with Gasteiger partial charge in [0.15, 0.2) is 5.69 Å². The summed E-state index contributed by atoms with van der Waals surface area (Å²) >= 11 is 0. The Labute approximate surface area is 167 Å². The molecule has 2 aromatic heterocycles. The van der Waals surface area contributed by atoms with Crippen molar-refractivity contribution in [3.05, 3.63) is 70.8 Å². The van der Waals surface area contributed by atoms with Gasteiger partial charge < -0.3 is 10.1 Å². The molecule has 4 rings (SSSR count).